The lowest BCUT2D eigenvalue weighted by molar-refractivity contribution is 0.274. The normalized spacial score (nSPS) is 13.5. The highest BCUT2D eigenvalue weighted by Gasteiger charge is 2.22. The van der Waals surface area contributed by atoms with Crippen molar-refractivity contribution in [2.24, 2.45) is 0 Å². The average molecular weight is 403 g/mol. The molecule has 0 spiro atoms. The molecule has 1 aromatic carbocycles. The van der Waals surface area contributed by atoms with Gasteiger partial charge in [-0.05, 0) is 43.3 Å². The summed E-state index contributed by atoms with van der Waals surface area (Å²) in [5.41, 5.74) is 2.69. The summed E-state index contributed by atoms with van der Waals surface area (Å²) in [5.74, 6) is 2.23. The van der Waals surface area contributed by atoms with E-state index in [2.05, 4.69) is 21.8 Å². The fraction of sp³-hybridized carbons (Fsp3) is 0.400. The topological polar surface area (TPSA) is 71.5 Å². The van der Waals surface area contributed by atoms with E-state index in [1.807, 2.05) is 29.7 Å². The zero-order chi connectivity index (χ0) is 20.3. The van der Waals surface area contributed by atoms with E-state index in [-0.39, 0.29) is 5.56 Å². The van der Waals surface area contributed by atoms with Crippen LogP contribution in [0.15, 0.2) is 35.1 Å². The number of anilines is 1. The first kappa shape index (κ1) is 20.2. The molecule has 0 saturated heterocycles. The molecule has 0 aliphatic carbocycles. The lowest BCUT2D eigenvalue weighted by Gasteiger charge is -2.31. The van der Waals surface area contributed by atoms with E-state index in [9.17, 15) is 4.79 Å². The number of hydrogen-bond acceptors (Lipinski definition) is 6. The SMILES string of the molecule is C=C(C)Cn1c2c(c(=O)[nH]c1=S)CN(CCc1ccc(OC)c(OC)c1)CN2. The minimum Gasteiger partial charge on any atom is -0.493 e. The van der Waals surface area contributed by atoms with Crippen molar-refractivity contribution in [1.82, 2.24) is 14.5 Å². The van der Waals surface area contributed by atoms with Crippen molar-refractivity contribution in [2.75, 3.05) is 32.7 Å². The molecule has 28 heavy (non-hydrogen) atoms. The summed E-state index contributed by atoms with van der Waals surface area (Å²) in [6.45, 7) is 8.49. The van der Waals surface area contributed by atoms with Crippen LogP contribution in [0.3, 0.4) is 0 Å². The second-order valence-electron chi connectivity index (χ2n) is 6.96. The average Bonchev–Trinajstić information content (AvgIpc) is 2.69. The van der Waals surface area contributed by atoms with Gasteiger partial charge in [0.15, 0.2) is 16.3 Å². The number of aromatic amines is 1. The molecule has 0 fully saturated rings. The second-order valence-corrected chi connectivity index (χ2v) is 7.34. The Bertz CT molecular complexity index is 996. The molecule has 8 heteroatoms. The number of methoxy groups -OCH3 is 2. The van der Waals surface area contributed by atoms with Gasteiger partial charge in [-0.3, -0.25) is 14.7 Å². The Morgan fingerprint density at radius 3 is 2.71 bits per heavy atom. The maximum Gasteiger partial charge on any atom is 0.258 e. The van der Waals surface area contributed by atoms with Gasteiger partial charge in [0, 0.05) is 19.6 Å². The summed E-state index contributed by atoms with van der Waals surface area (Å²) in [7, 11) is 3.26. The third kappa shape index (κ3) is 4.28. The Hall–Kier alpha value is -2.58. The van der Waals surface area contributed by atoms with Gasteiger partial charge in [-0.25, -0.2) is 0 Å². The van der Waals surface area contributed by atoms with Crippen LogP contribution < -0.4 is 20.3 Å². The fourth-order valence-electron chi connectivity index (χ4n) is 3.33. The molecule has 1 aliphatic rings. The van der Waals surface area contributed by atoms with Gasteiger partial charge in [0.05, 0.1) is 26.5 Å². The molecule has 0 unspecified atom stereocenters. The number of H-pyrrole nitrogens is 1. The van der Waals surface area contributed by atoms with Crippen LogP contribution >= 0.6 is 12.2 Å². The molecule has 1 aliphatic heterocycles. The predicted molar refractivity (Wildman–Crippen MR) is 113 cm³/mol. The Kier molecular flexibility index (Phi) is 6.21. The van der Waals surface area contributed by atoms with Crippen molar-refractivity contribution in [3.63, 3.8) is 0 Å². The van der Waals surface area contributed by atoms with Gasteiger partial charge < -0.3 is 19.4 Å². The van der Waals surface area contributed by atoms with Crippen LogP contribution in [0.5, 0.6) is 11.5 Å². The number of fused-ring (bicyclic) bond motifs is 1. The van der Waals surface area contributed by atoms with Crippen LogP contribution in [0.1, 0.15) is 18.1 Å². The minimum absolute atomic E-state index is 0.138. The Morgan fingerprint density at radius 2 is 2.04 bits per heavy atom. The van der Waals surface area contributed by atoms with Crippen LogP contribution in [0.4, 0.5) is 5.82 Å². The van der Waals surface area contributed by atoms with Crippen LogP contribution in [0, 0.1) is 4.77 Å². The molecular weight excluding hydrogens is 376 g/mol. The number of aromatic nitrogens is 2. The maximum atomic E-state index is 12.4. The molecule has 0 radical (unpaired) electrons. The minimum atomic E-state index is -0.138. The van der Waals surface area contributed by atoms with Crippen LogP contribution in [-0.2, 0) is 19.5 Å². The number of hydrogen-bond donors (Lipinski definition) is 2. The third-order valence-corrected chi connectivity index (χ3v) is 5.06. The lowest BCUT2D eigenvalue weighted by atomic mass is 10.1. The van der Waals surface area contributed by atoms with Gasteiger partial charge in [-0.15, -0.1) is 0 Å². The summed E-state index contributed by atoms with van der Waals surface area (Å²) in [6.07, 6.45) is 0.833. The van der Waals surface area contributed by atoms with Crippen molar-refractivity contribution in [3.8, 4) is 11.5 Å². The van der Waals surface area contributed by atoms with Gasteiger partial charge in [0.1, 0.15) is 5.82 Å². The van der Waals surface area contributed by atoms with Gasteiger partial charge in [-0.1, -0.05) is 18.2 Å². The van der Waals surface area contributed by atoms with E-state index < -0.39 is 0 Å². The molecule has 150 valence electrons. The first-order valence-corrected chi connectivity index (χ1v) is 9.51. The van der Waals surface area contributed by atoms with Gasteiger partial charge in [0.25, 0.3) is 5.56 Å². The number of nitrogens with zero attached hydrogens (tertiary/aromatic N) is 2. The molecule has 1 aromatic heterocycles. The number of allylic oxidation sites excluding steroid dienone is 1. The second kappa shape index (κ2) is 8.62. The molecule has 7 nitrogen and oxygen atoms in total. The molecule has 0 bridgehead atoms. The van der Waals surface area contributed by atoms with Crippen molar-refractivity contribution in [2.45, 2.75) is 26.4 Å². The quantitative estimate of drug-likeness (QED) is 0.548. The van der Waals surface area contributed by atoms with Gasteiger partial charge in [0.2, 0.25) is 0 Å². The largest absolute Gasteiger partial charge is 0.493 e. The van der Waals surface area contributed by atoms with E-state index in [1.165, 1.54) is 0 Å². The molecule has 0 saturated carbocycles. The maximum absolute atomic E-state index is 12.4. The molecular formula is C20H26N4O3S. The van der Waals surface area contributed by atoms with Crippen molar-refractivity contribution in [1.29, 1.82) is 0 Å². The summed E-state index contributed by atoms with van der Waals surface area (Å²) in [6, 6.07) is 5.93. The van der Waals surface area contributed by atoms with E-state index in [1.54, 1.807) is 14.2 Å². The van der Waals surface area contributed by atoms with Crippen LogP contribution in [-0.4, -0.2) is 41.9 Å². The van der Waals surface area contributed by atoms with Gasteiger partial charge >= 0.3 is 0 Å². The number of ether oxygens (including phenoxy) is 2. The van der Waals surface area contributed by atoms with E-state index in [0.717, 1.165) is 35.7 Å². The monoisotopic (exact) mass is 402 g/mol. The van der Waals surface area contributed by atoms with E-state index in [0.29, 0.717) is 35.8 Å². The molecule has 0 amide bonds. The Morgan fingerprint density at radius 1 is 1.29 bits per heavy atom. The molecule has 3 rings (SSSR count). The Balaban J connectivity index is 1.75. The number of benzene rings is 1. The zero-order valence-corrected chi connectivity index (χ0v) is 17.3. The summed E-state index contributed by atoms with van der Waals surface area (Å²) >= 11 is 5.32. The first-order chi connectivity index (χ1) is 13.4. The van der Waals surface area contributed by atoms with Crippen LogP contribution in [0.25, 0.3) is 0 Å². The highest BCUT2D eigenvalue weighted by atomic mass is 32.1. The lowest BCUT2D eigenvalue weighted by Crippen LogP contribution is -2.40. The predicted octanol–water partition coefficient (Wildman–Crippen LogP) is 2.93. The van der Waals surface area contributed by atoms with E-state index in [4.69, 9.17) is 21.7 Å². The summed E-state index contributed by atoms with van der Waals surface area (Å²) in [5, 5.41) is 3.36. The number of nitrogens with one attached hydrogen (secondary N) is 2. The summed E-state index contributed by atoms with van der Waals surface area (Å²) < 4.78 is 13.0. The fourth-order valence-corrected chi connectivity index (χ4v) is 3.58. The first-order valence-electron chi connectivity index (χ1n) is 9.10. The highest BCUT2D eigenvalue weighted by molar-refractivity contribution is 7.71. The smallest absolute Gasteiger partial charge is 0.258 e. The standard InChI is InChI=1S/C20H26N4O3S/c1-13(2)10-24-18-15(19(25)22-20(24)28)11-23(12-21-18)8-7-14-5-6-16(26-3)17(9-14)27-4/h5-6,9,21H,1,7-8,10-12H2,2-4H3,(H,22,25,28). The van der Waals surface area contributed by atoms with Crippen molar-refractivity contribution in [3.05, 3.63) is 56.6 Å². The van der Waals surface area contributed by atoms with Crippen molar-refractivity contribution >= 4 is 18.0 Å². The zero-order valence-electron chi connectivity index (χ0n) is 16.5. The molecule has 2 heterocycles. The number of rotatable bonds is 7. The van der Waals surface area contributed by atoms with Gasteiger partial charge in [-0.2, -0.15) is 0 Å². The molecule has 2 aromatic rings. The van der Waals surface area contributed by atoms with Crippen molar-refractivity contribution < 1.29 is 9.47 Å². The molecule has 0 atom stereocenters. The third-order valence-electron chi connectivity index (χ3n) is 4.74. The highest BCUT2D eigenvalue weighted by Crippen LogP contribution is 2.28. The van der Waals surface area contributed by atoms with Crippen LogP contribution in [0.2, 0.25) is 0 Å². The Labute approximate surface area is 169 Å². The summed E-state index contributed by atoms with van der Waals surface area (Å²) in [4.78, 5) is 17.4. The van der Waals surface area contributed by atoms with E-state index >= 15 is 0 Å². The molecule has 2 N–H and O–H groups in total.